The highest BCUT2D eigenvalue weighted by atomic mass is 16.3. The van der Waals surface area contributed by atoms with Crippen LogP contribution in [0.2, 0.25) is 0 Å². The Balaban J connectivity index is 1.78. The summed E-state index contributed by atoms with van der Waals surface area (Å²) in [6.45, 7) is 8.31. The van der Waals surface area contributed by atoms with Gasteiger partial charge in [-0.25, -0.2) is 0 Å². The molecule has 1 aliphatic rings. The van der Waals surface area contributed by atoms with Crippen LogP contribution in [0, 0.1) is 5.92 Å². The fraction of sp³-hybridized carbons (Fsp3) is 0.625. The highest BCUT2D eigenvalue weighted by Gasteiger charge is 2.19. The number of aliphatic hydroxyl groups excluding tert-OH is 1. The molecule has 1 aromatic rings. The zero-order chi connectivity index (χ0) is 13.7. The lowest BCUT2D eigenvalue weighted by Crippen LogP contribution is -2.40. The maximum Gasteiger partial charge on any atom is 0.0681 e. The molecule has 0 bridgehead atoms. The minimum atomic E-state index is 0.119. The zero-order valence-electron chi connectivity index (χ0n) is 12.1. The summed E-state index contributed by atoms with van der Waals surface area (Å²) in [4.78, 5) is 2.57. The van der Waals surface area contributed by atoms with Crippen LogP contribution in [0.4, 0.5) is 5.69 Å². The summed E-state index contributed by atoms with van der Waals surface area (Å²) < 4.78 is 0. The Hall–Kier alpha value is -1.06. The van der Waals surface area contributed by atoms with E-state index in [1.54, 1.807) is 0 Å². The van der Waals surface area contributed by atoms with E-state index in [1.165, 1.54) is 38.2 Å². The van der Waals surface area contributed by atoms with E-state index in [0.717, 1.165) is 11.5 Å². The van der Waals surface area contributed by atoms with Crippen molar-refractivity contribution >= 4 is 5.69 Å². The van der Waals surface area contributed by atoms with Crippen LogP contribution in [0.3, 0.4) is 0 Å². The van der Waals surface area contributed by atoms with E-state index in [4.69, 9.17) is 5.11 Å². The molecule has 1 saturated heterocycles. The molecule has 0 radical (unpaired) electrons. The Morgan fingerprint density at radius 3 is 2.37 bits per heavy atom. The van der Waals surface area contributed by atoms with Gasteiger partial charge in [0.05, 0.1) is 6.61 Å². The molecule has 0 atom stereocenters. The normalized spacial score (nSPS) is 17.9. The number of likely N-dealkylation sites (tertiary alicyclic amines) is 1. The van der Waals surface area contributed by atoms with E-state index < -0.39 is 0 Å². The second kappa shape index (κ2) is 6.92. The van der Waals surface area contributed by atoms with Gasteiger partial charge in [-0.1, -0.05) is 26.0 Å². The van der Waals surface area contributed by atoms with Crippen molar-refractivity contribution in [2.75, 3.05) is 25.0 Å². The fourth-order valence-corrected chi connectivity index (χ4v) is 2.72. The molecule has 19 heavy (non-hydrogen) atoms. The predicted octanol–water partition coefficient (Wildman–Crippen LogP) is 2.71. The Morgan fingerprint density at radius 2 is 1.84 bits per heavy atom. The van der Waals surface area contributed by atoms with Crippen LogP contribution in [0.5, 0.6) is 0 Å². The third-order valence-electron chi connectivity index (χ3n) is 3.72. The molecule has 1 fully saturated rings. The molecule has 0 aromatic heterocycles. The lowest BCUT2D eigenvalue weighted by molar-refractivity contribution is 0.198. The third-order valence-corrected chi connectivity index (χ3v) is 3.72. The largest absolute Gasteiger partial charge is 0.392 e. The maximum absolute atomic E-state index is 9.03. The number of hydrogen-bond acceptors (Lipinski definition) is 3. The molecule has 0 aliphatic carbocycles. The van der Waals surface area contributed by atoms with Crippen molar-refractivity contribution in [1.29, 1.82) is 0 Å². The third kappa shape index (κ3) is 4.51. The van der Waals surface area contributed by atoms with E-state index >= 15 is 0 Å². The minimum absolute atomic E-state index is 0.119. The molecule has 0 amide bonds. The molecular formula is C16H26N2O. The van der Waals surface area contributed by atoms with E-state index in [0.29, 0.717) is 6.04 Å². The first kappa shape index (κ1) is 14.4. The van der Waals surface area contributed by atoms with Gasteiger partial charge < -0.3 is 15.3 Å². The SMILES string of the molecule is CC(C)CN1CCC(Nc2ccc(CO)cc2)CC1. The molecular weight excluding hydrogens is 236 g/mol. The van der Waals surface area contributed by atoms with Crippen molar-refractivity contribution in [2.24, 2.45) is 5.92 Å². The van der Waals surface area contributed by atoms with Gasteiger partial charge in [0, 0.05) is 31.4 Å². The number of nitrogens with one attached hydrogen (secondary N) is 1. The van der Waals surface area contributed by atoms with Crippen molar-refractivity contribution in [1.82, 2.24) is 4.90 Å². The van der Waals surface area contributed by atoms with E-state index in [1.807, 2.05) is 12.1 Å². The summed E-state index contributed by atoms with van der Waals surface area (Å²) in [6.07, 6.45) is 2.43. The minimum Gasteiger partial charge on any atom is -0.392 e. The maximum atomic E-state index is 9.03. The van der Waals surface area contributed by atoms with Crippen LogP contribution >= 0.6 is 0 Å². The lowest BCUT2D eigenvalue weighted by Gasteiger charge is -2.33. The van der Waals surface area contributed by atoms with Crippen LogP contribution in [0.15, 0.2) is 24.3 Å². The molecule has 0 spiro atoms. The Morgan fingerprint density at radius 1 is 1.21 bits per heavy atom. The number of benzene rings is 1. The summed E-state index contributed by atoms with van der Waals surface area (Å²) >= 11 is 0. The van der Waals surface area contributed by atoms with Crippen molar-refractivity contribution in [3.63, 3.8) is 0 Å². The number of aliphatic hydroxyl groups is 1. The smallest absolute Gasteiger partial charge is 0.0681 e. The van der Waals surface area contributed by atoms with Gasteiger partial charge in [-0.15, -0.1) is 0 Å². The zero-order valence-corrected chi connectivity index (χ0v) is 12.1. The molecule has 0 unspecified atom stereocenters. The fourth-order valence-electron chi connectivity index (χ4n) is 2.72. The highest BCUT2D eigenvalue weighted by molar-refractivity contribution is 5.45. The first-order valence-corrected chi connectivity index (χ1v) is 7.36. The van der Waals surface area contributed by atoms with Gasteiger partial charge in [0.1, 0.15) is 0 Å². The summed E-state index contributed by atoms with van der Waals surface area (Å²) in [5.41, 5.74) is 2.14. The average Bonchev–Trinajstić information content (AvgIpc) is 2.41. The summed E-state index contributed by atoms with van der Waals surface area (Å²) in [6, 6.07) is 8.67. The number of anilines is 1. The van der Waals surface area contributed by atoms with Gasteiger partial charge in [0.25, 0.3) is 0 Å². The molecule has 2 rings (SSSR count). The van der Waals surface area contributed by atoms with Crippen molar-refractivity contribution < 1.29 is 5.11 Å². The molecule has 1 aromatic carbocycles. The second-order valence-corrected chi connectivity index (χ2v) is 5.97. The molecule has 2 N–H and O–H groups in total. The lowest BCUT2D eigenvalue weighted by atomic mass is 10.0. The van der Waals surface area contributed by atoms with Crippen LogP contribution < -0.4 is 5.32 Å². The molecule has 1 aliphatic heterocycles. The topological polar surface area (TPSA) is 35.5 Å². The van der Waals surface area contributed by atoms with E-state index in [2.05, 4.69) is 36.2 Å². The molecule has 1 heterocycles. The standard InChI is InChI=1S/C16H26N2O/c1-13(2)11-18-9-7-16(8-10-18)17-15-5-3-14(12-19)4-6-15/h3-6,13,16-17,19H,7-12H2,1-2H3. The summed E-state index contributed by atoms with van der Waals surface area (Å²) in [5.74, 6) is 0.760. The molecule has 3 heteroatoms. The number of rotatable bonds is 5. The van der Waals surface area contributed by atoms with Crippen molar-refractivity contribution in [2.45, 2.75) is 39.3 Å². The average molecular weight is 262 g/mol. The number of piperidine rings is 1. The van der Waals surface area contributed by atoms with Gasteiger partial charge in [-0.05, 0) is 36.5 Å². The van der Waals surface area contributed by atoms with Crippen LogP contribution in [-0.2, 0) is 6.61 Å². The van der Waals surface area contributed by atoms with Gasteiger partial charge in [-0.3, -0.25) is 0 Å². The summed E-state index contributed by atoms with van der Waals surface area (Å²) in [5, 5.41) is 12.6. The van der Waals surface area contributed by atoms with Gasteiger partial charge in [0.15, 0.2) is 0 Å². The monoisotopic (exact) mass is 262 g/mol. The molecule has 106 valence electrons. The summed E-state index contributed by atoms with van der Waals surface area (Å²) in [7, 11) is 0. The van der Waals surface area contributed by atoms with Gasteiger partial charge in [-0.2, -0.15) is 0 Å². The second-order valence-electron chi connectivity index (χ2n) is 5.97. The van der Waals surface area contributed by atoms with Crippen LogP contribution in [0.1, 0.15) is 32.3 Å². The Labute approximate surface area is 116 Å². The highest BCUT2D eigenvalue weighted by Crippen LogP contribution is 2.18. The Bertz CT molecular complexity index is 367. The van der Waals surface area contributed by atoms with Crippen molar-refractivity contribution in [3.8, 4) is 0 Å². The van der Waals surface area contributed by atoms with Crippen molar-refractivity contribution in [3.05, 3.63) is 29.8 Å². The molecule has 3 nitrogen and oxygen atoms in total. The number of nitrogens with zero attached hydrogens (tertiary/aromatic N) is 1. The van der Waals surface area contributed by atoms with Gasteiger partial charge >= 0.3 is 0 Å². The van der Waals surface area contributed by atoms with Gasteiger partial charge in [0.2, 0.25) is 0 Å². The van der Waals surface area contributed by atoms with Crippen LogP contribution in [0.25, 0.3) is 0 Å². The van der Waals surface area contributed by atoms with E-state index in [-0.39, 0.29) is 6.61 Å². The first-order valence-electron chi connectivity index (χ1n) is 7.36. The quantitative estimate of drug-likeness (QED) is 0.856. The predicted molar refractivity (Wildman–Crippen MR) is 80.3 cm³/mol. The number of hydrogen-bond donors (Lipinski definition) is 2. The molecule has 0 saturated carbocycles. The first-order chi connectivity index (χ1) is 9.17. The Kier molecular flexibility index (Phi) is 5.23. The van der Waals surface area contributed by atoms with Crippen LogP contribution in [-0.4, -0.2) is 35.7 Å². The van der Waals surface area contributed by atoms with E-state index in [9.17, 15) is 0 Å².